The molecule has 2 nitrogen and oxygen atoms in total. The van der Waals surface area contributed by atoms with E-state index in [0.29, 0.717) is 0 Å². The van der Waals surface area contributed by atoms with Crippen LogP contribution in [-0.2, 0) is 0 Å². The summed E-state index contributed by atoms with van der Waals surface area (Å²) in [7, 11) is 0. The number of anilines is 5. The molecular formula is C30H22N2S. The van der Waals surface area contributed by atoms with Crippen molar-refractivity contribution in [3.05, 3.63) is 127 Å². The normalized spacial score (nSPS) is 11.0. The van der Waals surface area contributed by atoms with Gasteiger partial charge in [-0.15, -0.1) is 11.3 Å². The molecule has 0 fully saturated rings. The molecule has 0 atom stereocenters. The fourth-order valence-corrected chi connectivity index (χ4v) is 5.40. The first-order valence-corrected chi connectivity index (χ1v) is 11.9. The summed E-state index contributed by atoms with van der Waals surface area (Å²) in [6.45, 7) is 0. The molecule has 0 aliphatic heterocycles. The van der Waals surface area contributed by atoms with Crippen molar-refractivity contribution in [2.75, 3.05) is 10.2 Å². The van der Waals surface area contributed by atoms with Gasteiger partial charge in [-0.05, 0) is 60.7 Å². The smallest absolute Gasteiger partial charge is 0.0696 e. The number of para-hydroxylation sites is 4. The highest BCUT2D eigenvalue weighted by atomic mass is 32.1. The van der Waals surface area contributed by atoms with Crippen molar-refractivity contribution in [3.63, 3.8) is 0 Å². The highest BCUT2D eigenvalue weighted by Crippen LogP contribution is 2.43. The van der Waals surface area contributed by atoms with Crippen LogP contribution >= 0.6 is 11.3 Å². The summed E-state index contributed by atoms with van der Waals surface area (Å²) in [5.74, 6) is 0. The van der Waals surface area contributed by atoms with Crippen molar-refractivity contribution in [2.45, 2.75) is 0 Å². The van der Waals surface area contributed by atoms with Gasteiger partial charge in [-0.2, -0.15) is 0 Å². The third-order valence-corrected chi connectivity index (χ3v) is 6.98. The van der Waals surface area contributed by atoms with Gasteiger partial charge in [0.1, 0.15) is 0 Å². The Balaban J connectivity index is 1.54. The van der Waals surface area contributed by atoms with Gasteiger partial charge in [0.2, 0.25) is 0 Å². The van der Waals surface area contributed by atoms with Crippen LogP contribution in [0.4, 0.5) is 28.4 Å². The number of hydrogen-bond acceptors (Lipinski definition) is 3. The van der Waals surface area contributed by atoms with E-state index in [2.05, 4.69) is 132 Å². The van der Waals surface area contributed by atoms with E-state index in [-0.39, 0.29) is 0 Å². The van der Waals surface area contributed by atoms with Crippen LogP contribution in [0.3, 0.4) is 0 Å². The minimum absolute atomic E-state index is 1.06. The zero-order valence-corrected chi connectivity index (χ0v) is 18.8. The van der Waals surface area contributed by atoms with E-state index in [4.69, 9.17) is 0 Å². The highest BCUT2D eigenvalue weighted by molar-refractivity contribution is 7.25. The summed E-state index contributed by atoms with van der Waals surface area (Å²) < 4.78 is 2.63. The summed E-state index contributed by atoms with van der Waals surface area (Å²) >= 11 is 1.85. The standard InChI is InChI=1S/C30H22N2S/c1-3-11-22(12-4-1)31-27-16-8-9-17-28(27)32(23-13-5-2-6-14-23)24-19-20-30-26(21-24)25-15-7-10-18-29(25)33-30/h1-21,31H. The van der Waals surface area contributed by atoms with Crippen LogP contribution in [0, 0.1) is 0 Å². The molecule has 6 rings (SSSR count). The van der Waals surface area contributed by atoms with E-state index in [0.717, 1.165) is 28.4 Å². The first kappa shape index (κ1) is 19.6. The van der Waals surface area contributed by atoms with Gasteiger partial charge in [-0.25, -0.2) is 0 Å². The second-order valence-corrected chi connectivity index (χ2v) is 9.04. The zero-order chi connectivity index (χ0) is 22.0. The molecular weight excluding hydrogens is 420 g/mol. The molecule has 3 heteroatoms. The summed E-state index contributed by atoms with van der Waals surface area (Å²) in [6.07, 6.45) is 0. The quantitative estimate of drug-likeness (QED) is 0.286. The molecule has 1 aromatic heterocycles. The molecule has 6 aromatic rings. The number of thiophene rings is 1. The molecule has 0 bridgehead atoms. The molecule has 0 amide bonds. The maximum absolute atomic E-state index is 3.61. The first-order valence-electron chi connectivity index (χ1n) is 11.0. The molecule has 1 N–H and O–H groups in total. The number of nitrogens with zero attached hydrogens (tertiary/aromatic N) is 1. The Morgan fingerprint density at radius 1 is 0.515 bits per heavy atom. The predicted octanol–water partition coefficient (Wildman–Crippen LogP) is 9.27. The average Bonchev–Trinajstić information content (AvgIpc) is 3.25. The van der Waals surface area contributed by atoms with E-state index in [9.17, 15) is 0 Å². The summed E-state index contributed by atoms with van der Waals surface area (Å²) in [5.41, 5.74) is 5.49. The Morgan fingerprint density at radius 3 is 2.03 bits per heavy atom. The molecule has 0 spiro atoms. The highest BCUT2D eigenvalue weighted by Gasteiger charge is 2.17. The number of fused-ring (bicyclic) bond motifs is 3. The summed E-state index contributed by atoms with van der Waals surface area (Å²) in [5, 5.41) is 6.22. The molecule has 1 heterocycles. The van der Waals surface area contributed by atoms with Crippen LogP contribution < -0.4 is 10.2 Å². The van der Waals surface area contributed by atoms with Crippen LogP contribution in [0.15, 0.2) is 127 Å². The molecule has 158 valence electrons. The Hall–Kier alpha value is -4.08. The third-order valence-electron chi connectivity index (χ3n) is 5.83. The van der Waals surface area contributed by atoms with Crippen LogP contribution in [0.5, 0.6) is 0 Å². The predicted molar refractivity (Wildman–Crippen MR) is 144 cm³/mol. The van der Waals surface area contributed by atoms with Crippen LogP contribution in [0.25, 0.3) is 20.2 Å². The van der Waals surface area contributed by atoms with Gasteiger partial charge in [-0.3, -0.25) is 0 Å². The minimum Gasteiger partial charge on any atom is -0.354 e. The topological polar surface area (TPSA) is 15.3 Å². The van der Waals surface area contributed by atoms with Crippen molar-refractivity contribution in [2.24, 2.45) is 0 Å². The molecule has 0 aliphatic rings. The summed E-state index contributed by atoms with van der Waals surface area (Å²) in [6, 6.07) is 44.8. The van der Waals surface area contributed by atoms with Gasteiger partial charge >= 0.3 is 0 Å². The van der Waals surface area contributed by atoms with E-state index >= 15 is 0 Å². The van der Waals surface area contributed by atoms with Crippen LogP contribution in [-0.4, -0.2) is 0 Å². The largest absolute Gasteiger partial charge is 0.354 e. The van der Waals surface area contributed by atoms with Gasteiger partial charge in [0.25, 0.3) is 0 Å². The Bertz CT molecular complexity index is 1540. The minimum atomic E-state index is 1.06. The van der Waals surface area contributed by atoms with E-state index < -0.39 is 0 Å². The molecule has 0 unspecified atom stereocenters. The van der Waals surface area contributed by atoms with E-state index in [1.54, 1.807) is 0 Å². The lowest BCUT2D eigenvalue weighted by Gasteiger charge is -2.28. The SMILES string of the molecule is c1ccc(Nc2ccccc2N(c2ccccc2)c2ccc3sc4ccccc4c3c2)cc1. The number of rotatable bonds is 5. The van der Waals surface area contributed by atoms with Crippen LogP contribution in [0.1, 0.15) is 0 Å². The van der Waals surface area contributed by atoms with Gasteiger partial charge in [0.15, 0.2) is 0 Å². The third kappa shape index (κ3) is 3.73. The first-order chi connectivity index (χ1) is 16.4. The van der Waals surface area contributed by atoms with E-state index in [1.807, 2.05) is 17.4 Å². The lowest BCUT2D eigenvalue weighted by molar-refractivity contribution is 1.29. The Labute approximate surface area is 197 Å². The molecule has 0 radical (unpaired) electrons. The molecule has 33 heavy (non-hydrogen) atoms. The van der Waals surface area contributed by atoms with Gasteiger partial charge in [0, 0.05) is 37.2 Å². The lowest BCUT2D eigenvalue weighted by atomic mass is 10.1. The Kier molecular flexibility index (Phi) is 5.02. The second-order valence-electron chi connectivity index (χ2n) is 7.96. The summed E-state index contributed by atoms with van der Waals surface area (Å²) in [4.78, 5) is 2.33. The number of nitrogens with one attached hydrogen (secondary N) is 1. The maximum atomic E-state index is 3.61. The van der Waals surface area contributed by atoms with Crippen molar-refractivity contribution in [1.29, 1.82) is 0 Å². The van der Waals surface area contributed by atoms with Crippen molar-refractivity contribution < 1.29 is 0 Å². The lowest BCUT2D eigenvalue weighted by Crippen LogP contribution is -2.11. The second kappa shape index (κ2) is 8.45. The molecule has 0 saturated carbocycles. The Morgan fingerprint density at radius 2 is 1.18 bits per heavy atom. The zero-order valence-electron chi connectivity index (χ0n) is 18.0. The van der Waals surface area contributed by atoms with Gasteiger partial charge in [0.05, 0.1) is 11.4 Å². The fourth-order valence-electron chi connectivity index (χ4n) is 4.31. The molecule has 0 saturated heterocycles. The number of benzene rings is 5. The average molecular weight is 443 g/mol. The molecule has 0 aliphatic carbocycles. The molecule has 5 aromatic carbocycles. The van der Waals surface area contributed by atoms with Gasteiger partial charge < -0.3 is 10.2 Å². The number of hydrogen-bond donors (Lipinski definition) is 1. The fraction of sp³-hybridized carbons (Fsp3) is 0. The van der Waals surface area contributed by atoms with Crippen LogP contribution in [0.2, 0.25) is 0 Å². The van der Waals surface area contributed by atoms with E-state index in [1.165, 1.54) is 20.2 Å². The monoisotopic (exact) mass is 442 g/mol. The van der Waals surface area contributed by atoms with Crippen molar-refractivity contribution in [3.8, 4) is 0 Å². The van der Waals surface area contributed by atoms with Crippen molar-refractivity contribution >= 4 is 59.9 Å². The maximum Gasteiger partial charge on any atom is 0.0696 e. The van der Waals surface area contributed by atoms with Crippen molar-refractivity contribution in [1.82, 2.24) is 0 Å². The van der Waals surface area contributed by atoms with Gasteiger partial charge in [-0.1, -0.05) is 66.7 Å².